The monoisotopic (exact) mass is 248 g/mol. The molecular weight excluding hydrogens is 224 g/mol. The molecule has 18 heavy (non-hydrogen) atoms. The van der Waals surface area contributed by atoms with Gasteiger partial charge in [-0.2, -0.15) is 0 Å². The summed E-state index contributed by atoms with van der Waals surface area (Å²) in [5.74, 6) is 0.947. The molecular formula is C15H24N2O. The third-order valence-electron chi connectivity index (χ3n) is 4.03. The van der Waals surface area contributed by atoms with Gasteiger partial charge in [0.15, 0.2) is 0 Å². The van der Waals surface area contributed by atoms with E-state index >= 15 is 0 Å². The van der Waals surface area contributed by atoms with Crippen LogP contribution >= 0.6 is 0 Å². The number of aryl methyl sites for hydroxylation is 1. The first-order valence-corrected chi connectivity index (χ1v) is 6.72. The van der Waals surface area contributed by atoms with Crippen LogP contribution in [0.2, 0.25) is 0 Å². The van der Waals surface area contributed by atoms with Crippen LogP contribution in [-0.2, 0) is 6.42 Å². The average Bonchev–Trinajstić information content (AvgIpc) is 3.18. The fourth-order valence-corrected chi connectivity index (χ4v) is 2.45. The molecule has 0 saturated heterocycles. The van der Waals surface area contributed by atoms with Crippen LogP contribution in [0, 0.1) is 5.41 Å². The van der Waals surface area contributed by atoms with Gasteiger partial charge in [-0.05, 0) is 43.5 Å². The molecule has 0 spiro atoms. The number of hydrogen-bond donors (Lipinski definition) is 1. The van der Waals surface area contributed by atoms with Crippen molar-refractivity contribution in [3.63, 3.8) is 0 Å². The van der Waals surface area contributed by atoms with Crippen LogP contribution in [0.5, 0.6) is 5.75 Å². The maximum Gasteiger partial charge on any atom is 0.142 e. The standard InChI is InChI=1S/C15H24N2O/c1-4-12-5-6-14(18-3)13(9-12)17(2)11-15(10-16)7-8-15/h5-6,9H,4,7-8,10-11,16H2,1-3H3. The highest BCUT2D eigenvalue weighted by Crippen LogP contribution is 2.46. The Labute approximate surface area is 110 Å². The molecule has 1 aromatic rings. The van der Waals surface area contributed by atoms with Crippen LogP contribution in [-0.4, -0.2) is 27.2 Å². The highest BCUT2D eigenvalue weighted by Gasteiger charge is 2.42. The number of hydrogen-bond acceptors (Lipinski definition) is 3. The quantitative estimate of drug-likeness (QED) is 0.840. The van der Waals surface area contributed by atoms with Crippen molar-refractivity contribution in [2.24, 2.45) is 11.1 Å². The van der Waals surface area contributed by atoms with Crippen molar-refractivity contribution >= 4 is 5.69 Å². The molecule has 0 atom stereocenters. The number of methoxy groups -OCH3 is 1. The van der Waals surface area contributed by atoms with E-state index in [9.17, 15) is 0 Å². The molecule has 1 aliphatic carbocycles. The summed E-state index contributed by atoms with van der Waals surface area (Å²) >= 11 is 0. The van der Waals surface area contributed by atoms with Crippen LogP contribution in [0.1, 0.15) is 25.3 Å². The first-order chi connectivity index (χ1) is 8.64. The summed E-state index contributed by atoms with van der Waals surface area (Å²) in [5, 5.41) is 0. The van der Waals surface area contributed by atoms with Crippen LogP contribution in [0.4, 0.5) is 5.69 Å². The van der Waals surface area contributed by atoms with Gasteiger partial charge in [0.1, 0.15) is 5.75 Å². The van der Waals surface area contributed by atoms with E-state index in [1.165, 1.54) is 24.1 Å². The van der Waals surface area contributed by atoms with Crippen LogP contribution < -0.4 is 15.4 Å². The van der Waals surface area contributed by atoms with Crippen molar-refractivity contribution in [3.8, 4) is 5.75 Å². The zero-order valence-corrected chi connectivity index (χ0v) is 11.7. The number of nitrogens with two attached hydrogens (primary N) is 1. The summed E-state index contributed by atoms with van der Waals surface area (Å²) in [7, 11) is 3.86. The predicted molar refractivity (Wildman–Crippen MR) is 76.4 cm³/mol. The summed E-state index contributed by atoms with van der Waals surface area (Å²) in [5.41, 5.74) is 8.73. The van der Waals surface area contributed by atoms with Gasteiger partial charge in [0.05, 0.1) is 12.8 Å². The van der Waals surface area contributed by atoms with E-state index in [-0.39, 0.29) is 0 Å². The highest BCUT2D eigenvalue weighted by molar-refractivity contribution is 5.60. The zero-order chi connectivity index (χ0) is 13.2. The Bertz CT molecular complexity index is 413. The third-order valence-corrected chi connectivity index (χ3v) is 4.03. The van der Waals surface area contributed by atoms with E-state index < -0.39 is 0 Å². The average molecular weight is 248 g/mol. The van der Waals surface area contributed by atoms with Gasteiger partial charge in [-0.3, -0.25) is 0 Å². The maximum absolute atomic E-state index is 5.86. The number of nitrogens with zero attached hydrogens (tertiary/aromatic N) is 1. The topological polar surface area (TPSA) is 38.5 Å². The number of rotatable bonds is 6. The van der Waals surface area contributed by atoms with Crippen molar-refractivity contribution in [1.82, 2.24) is 0 Å². The molecule has 1 saturated carbocycles. The van der Waals surface area contributed by atoms with E-state index in [1.807, 2.05) is 0 Å². The molecule has 0 radical (unpaired) electrons. The Kier molecular flexibility index (Phi) is 3.81. The molecule has 0 aromatic heterocycles. The van der Waals surface area contributed by atoms with Crippen LogP contribution in [0.25, 0.3) is 0 Å². The first kappa shape index (κ1) is 13.2. The number of benzene rings is 1. The Balaban J connectivity index is 2.19. The minimum Gasteiger partial charge on any atom is -0.495 e. The Hall–Kier alpha value is -1.22. The second-order valence-corrected chi connectivity index (χ2v) is 5.42. The van der Waals surface area contributed by atoms with Crippen molar-refractivity contribution in [2.45, 2.75) is 26.2 Å². The van der Waals surface area contributed by atoms with Gasteiger partial charge in [0.25, 0.3) is 0 Å². The molecule has 0 unspecified atom stereocenters. The predicted octanol–water partition coefficient (Wildman–Crippen LogP) is 2.43. The molecule has 3 heteroatoms. The lowest BCUT2D eigenvalue weighted by Crippen LogP contribution is -2.31. The normalized spacial score (nSPS) is 16.4. The van der Waals surface area contributed by atoms with E-state index in [2.05, 4.69) is 37.1 Å². The third kappa shape index (κ3) is 2.61. The van der Waals surface area contributed by atoms with E-state index in [1.54, 1.807) is 7.11 Å². The molecule has 1 aliphatic rings. The molecule has 0 bridgehead atoms. The molecule has 0 aliphatic heterocycles. The summed E-state index contributed by atoms with van der Waals surface area (Å²) < 4.78 is 5.46. The molecule has 2 rings (SSSR count). The van der Waals surface area contributed by atoms with Crippen molar-refractivity contribution < 1.29 is 4.74 Å². The largest absolute Gasteiger partial charge is 0.495 e. The molecule has 1 fully saturated rings. The second-order valence-electron chi connectivity index (χ2n) is 5.42. The zero-order valence-electron chi connectivity index (χ0n) is 11.7. The summed E-state index contributed by atoms with van der Waals surface area (Å²) in [6.45, 7) is 3.98. The van der Waals surface area contributed by atoms with Gasteiger partial charge in [-0.25, -0.2) is 0 Å². The van der Waals surface area contributed by atoms with Crippen LogP contribution in [0.15, 0.2) is 18.2 Å². The lowest BCUT2D eigenvalue weighted by Gasteiger charge is -2.26. The van der Waals surface area contributed by atoms with Crippen molar-refractivity contribution in [1.29, 1.82) is 0 Å². The fourth-order valence-electron chi connectivity index (χ4n) is 2.45. The minimum absolute atomic E-state index is 0.349. The lowest BCUT2D eigenvalue weighted by atomic mass is 10.1. The first-order valence-electron chi connectivity index (χ1n) is 6.72. The summed E-state index contributed by atoms with van der Waals surface area (Å²) in [6, 6.07) is 6.42. The van der Waals surface area contributed by atoms with E-state index in [0.717, 1.165) is 25.3 Å². The molecule has 2 N–H and O–H groups in total. The fraction of sp³-hybridized carbons (Fsp3) is 0.600. The Morgan fingerprint density at radius 2 is 2.11 bits per heavy atom. The Morgan fingerprint density at radius 1 is 1.39 bits per heavy atom. The van der Waals surface area contributed by atoms with Gasteiger partial charge < -0.3 is 15.4 Å². The molecule has 0 heterocycles. The molecule has 0 amide bonds. The SMILES string of the molecule is CCc1ccc(OC)c(N(C)CC2(CN)CC2)c1. The number of anilines is 1. The highest BCUT2D eigenvalue weighted by atomic mass is 16.5. The molecule has 1 aromatic carbocycles. The van der Waals surface area contributed by atoms with Gasteiger partial charge in [-0.15, -0.1) is 0 Å². The minimum atomic E-state index is 0.349. The van der Waals surface area contributed by atoms with Crippen LogP contribution in [0.3, 0.4) is 0 Å². The lowest BCUT2D eigenvalue weighted by molar-refractivity contribution is 0.413. The van der Waals surface area contributed by atoms with E-state index in [0.29, 0.717) is 5.41 Å². The second kappa shape index (κ2) is 5.19. The van der Waals surface area contributed by atoms with E-state index in [4.69, 9.17) is 10.5 Å². The molecule has 100 valence electrons. The van der Waals surface area contributed by atoms with Crippen molar-refractivity contribution in [2.75, 3.05) is 32.1 Å². The van der Waals surface area contributed by atoms with Gasteiger partial charge in [-0.1, -0.05) is 13.0 Å². The summed E-state index contributed by atoms with van der Waals surface area (Å²) in [6.07, 6.45) is 3.56. The van der Waals surface area contributed by atoms with Gasteiger partial charge in [0.2, 0.25) is 0 Å². The van der Waals surface area contributed by atoms with Gasteiger partial charge in [0, 0.05) is 19.0 Å². The smallest absolute Gasteiger partial charge is 0.142 e. The number of ether oxygens (including phenoxy) is 1. The van der Waals surface area contributed by atoms with Gasteiger partial charge >= 0.3 is 0 Å². The van der Waals surface area contributed by atoms with Crippen molar-refractivity contribution in [3.05, 3.63) is 23.8 Å². The summed E-state index contributed by atoms with van der Waals surface area (Å²) in [4.78, 5) is 2.29. The maximum atomic E-state index is 5.86. The Morgan fingerprint density at radius 3 is 2.61 bits per heavy atom. The molecule has 3 nitrogen and oxygen atoms in total.